The van der Waals surface area contributed by atoms with Crippen molar-refractivity contribution in [1.29, 1.82) is 5.26 Å². The molecule has 0 aliphatic rings. The normalized spacial score (nSPS) is 13.2. The number of rotatable bonds is 4. The predicted octanol–water partition coefficient (Wildman–Crippen LogP) is 1.93. The highest BCUT2D eigenvalue weighted by Crippen LogP contribution is 2.25. The van der Waals surface area contributed by atoms with Crippen molar-refractivity contribution in [2.24, 2.45) is 5.92 Å². The summed E-state index contributed by atoms with van der Waals surface area (Å²) in [5.41, 5.74) is 0.603. The summed E-state index contributed by atoms with van der Waals surface area (Å²) in [7, 11) is 0. The van der Waals surface area contributed by atoms with Crippen LogP contribution in [0.2, 0.25) is 0 Å². The highest BCUT2D eigenvalue weighted by atomic mass is 19.1. The fraction of sp³-hybridized carbons (Fsp3) is 0.214. The van der Waals surface area contributed by atoms with Crippen LogP contribution in [0.15, 0.2) is 35.0 Å². The number of carbonyl (C=O) groups is 1. The topological polar surface area (TPSA) is 99.2 Å². The molecular weight excluding hydrogens is 277 g/mol. The van der Waals surface area contributed by atoms with Gasteiger partial charge in [0, 0.05) is 11.3 Å². The number of anilines is 1. The van der Waals surface area contributed by atoms with Crippen molar-refractivity contribution in [2.75, 3.05) is 5.32 Å². The Morgan fingerprint density at radius 3 is 2.67 bits per heavy atom. The lowest BCUT2D eigenvalue weighted by atomic mass is 9.97. The van der Waals surface area contributed by atoms with E-state index in [4.69, 9.17) is 9.78 Å². The van der Waals surface area contributed by atoms with E-state index in [1.807, 2.05) is 0 Å². The maximum Gasteiger partial charge on any atom is 0.244 e. The Balaban J connectivity index is 2.14. The van der Waals surface area contributed by atoms with Gasteiger partial charge >= 0.3 is 0 Å². The number of benzene rings is 1. The third-order valence-corrected chi connectivity index (χ3v) is 2.96. The highest BCUT2D eigenvalue weighted by Gasteiger charge is 2.30. The Morgan fingerprint density at radius 1 is 1.48 bits per heavy atom. The molecule has 0 aliphatic carbocycles. The molecule has 0 fully saturated rings. The lowest BCUT2D eigenvalue weighted by Gasteiger charge is -2.15. The number of hydrogen-bond acceptors (Lipinski definition) is 5. The summed E-state index contributed by atoms with van der Waals surface area (Å²) in [5.74, 6) is -2.15. The van der Waals surface area contributed by atoms with Crippen LogP contribution in [0.5, 0.6) is 0 Å². The van der Waals surface area contributed by atoms with Gasteiger partial charge in [0.15, 0.2) is 5.92 Å². The Kier molecular flexibility index (Phi) is 4.30. The number of nitriles is 1. The minimum atomic E-state index is -1.36. The van der Waals surface area contributed by atoms with Gasteiger partial charge in [-0.15, -0.1) is 0 Å². The van der Waals surface area contributed by atoms with Crippen LogP contribution in [0, 0.1) is 30.0 Å². The molecule has 1 heterocycles. The molecule has 2 aromatic rings. The Morgan fingerprint density at radius 2 is 2.14 bits per heavy atom. The predicted molar refractivity (Wildman–Crippen MR) is 70.3 cm³/mol. The van der Waals surface area contributed by atoms with Gasteiger partial charge < -0.3 is 14.9 Å². The zero-order valence-electron chi connectivity index (χ0n) is 11.1. The second-order valence-electron chi connectivity index (χ2n) is 4.39. The van der Waals surface area contributed by atoms with E-state index in [-0.39, 0.29) is 5.56 Å². The second-order valence-corrected chi connectivity index (χ2v) is 4.39. The van der Waals surface area contributed by atoms with E-state index in [0.29, 0.717) is 11.4 Å². The first-order chi connectivity index (χ1) is 10.0. The van der Waals surface area contributed by atoms with Gasteiger partial charge in [-0.2, -0.15) is 5.26 Å². The molecule has 0 radical (unpaired) electrons. The van der Waals surface area contributed by atoms with Crippen molar-refractivity contribution in [3.63, 3.8) is 0 Å². The molecule has 7 heteroatoms. The maximum atomic E-state index is 12.8. The number of halogens is 1. The summed E-state index contributed by atoms with van der Waals surface area (Å²) in [6, 6.07) is 6.82. The largest absolute Gasteiger partial charge is 0.386 e. The third-order valence-electron chi connectivity index (χ3n) is 2.96. The Hall–Kier alpha value is -2.72. The van der Waals surface area contributed by atoms with Gasteiger partial charge in [0.25, 0.3) is 0 Å². The highest BCUT2D eigenvalue weighted by molar-refractivity contribution is 5.94. The number of hydrogen-bond donors (Lipinski definition) is 2. The van der Waals surface area contributed by atoms with Gasteiger partial charge in [0.05, 0.1) is 12.3 Å². The molecule has 0 saturated heterocycles. The van der Waals surface area contributed by atoms with Crippen molar-refractivity contribution >= 4 is 11.6 Å². The number of carbonyl (C=O) groups excluding carboxylic acids is 1. The summed E-state index contributed by atoms with van der Waals surface area (Å²) >= 11 is 0. The first-order valence-corrected chi connectivity index (χ1v) is 6.08. The third kappa shape index (κ3) is 3.24. The molecule has 2 rings (SSSR count). The van der Waals surface area contributed by atoms with Gasteiger partial charge in [0.2, 0.25) is 5.91 Å². The SMILES string of the molecule is Cc1oncc1C(O)C(C#N)C(=O)Nc1ccc(F)cc1. The summed E-state index contributed by atoms with van der Waals surface area (Å²) in [6.07, 6.45) is -0.100. The summed E-state index contributed by atoms with van der Waals surface area (Å²) in [4.78, 5) is 12.0. The monoisotopic (exact) mass is 289 g/mol. The molecule has 6 nitrogen and oxygen atoms in total. The number of aryl methyl sites for hydroxylation is 1. The van der Waals surface area contributed by atoms with Crippen LogP contribution in [0.1, 0.15) is 17.4 Å². The zero-order chi connectivity index (χ0) is 15.4. The fourth-order valence-corrected chi connectivity index (χ4v) is 1.80. The molecule has 2 unspecified atom stereocenters. The van der Waals surface area contributed by atoms with Crippen molar-refractivity contribution in [3.8, 4) is 6.07 Å². The molecule has 1 aromatic heterocycles. The van der Waals surface area contributed by atoms with Gasteiger partial charge in [-0.25, -0.2) is 4.39 Å². The van der Waals surface area contributed by atoms with E-state index in [1.54, 1.807) is 13.0 Å². The second kappa shape index (κ2) is 6.15. The molecule has 1 aromatic carbocycles. The first kappa shape index (κ1) is 14.7. The zero-order valence-corrected chi connectivity index (χ0v) is 11.1. The number of nitrogens with zero attached hydrogens (tertiary/aromatic N) is 2. The molecule has 0 saturated carbocycles. The van der Waals surface area contributed by atoms with Crippen molar-refractivity contribution in [1.82, 2.24) is 5.16 Å². The van der Waals surface area contributed by atoms with Crippen molar-refractivity contribution in [3.05, 3.63) is 47.6 Å². The number of aliphatic hydroxyl groups is 1. The summed E-state index contributed by atoms with van der Waals surface area (Å²) < 4.78 is 17.6. The molecule has 1 amide bonds. The van der Waals surface area contributed by atoms with Gasteiger partial charge in [-0.3, -0.25) is 4.79 Å². The molecule has 2 atom stereocenters. The van der Waals surface area contributed by atoms with Crippen LogP contribution >= 0.6 is 0 Å². The average Bonchev–Trinajstić information content (AvgIpc) is 2.88. The number of nitrogens with one attached hydrogen (secondary N) is 1. The van der Waals surface area contributed by atoms with E-state index in [1.165, 1.54) is 30.5 Å². The van der Waals surface area contributed by atoms with Crippen LogP contribution in [-0.4, -0.2) is 16.2 Å². The molecule has 0 aliphatic heterocycles. The molecule has 0 bridgehead atoms. The lowest BCUT2D eigenvalue weighted by Crippen LogP contribution is -2.27. The molecule has 2 N–H and O–H groups in total. The van der Waals surface area contributed by atoms with Crippen LogP contribution < -0.4 is 5.32 Å². The Labute approximate surface area is 119 Å². The van der Waals surface area contributed by atoms with Crippen molar-refractivity contribution < 1.29 is 18.8 Å². The van der Waals surface area contributed by atoms with Crippen LogP contribution in [0.3, 0.4) is 0 Å². The van der Waals surface area contributed by atoms with E-state index in [0.717, 1.165) is 0 Å². The summed E-state index contributed by atoms with van der Waals surface area (Å²) in [5, 5.41) is 25.1. The van der Waals surface area contributed by atoms with E-state index >= 15 is 0 Å². The van der Waals surface area contributed by atoms with Crippen LogP contribution in [-0.2, 0) is 4.79 Å². The molecule has 108 valence electrons. The van der Waals surface area contributed by atoms with Gasteiger partial charge in [-0.05, 0) is 31.2 Å². The average molecular weight is 289 g/mol. The first-order valence-electron chi connectivity index (χ1n) is 6.08. The van der Waals surface area contributed by atoms with E-state index in [2.05, 4.69) is 10.5 Å². The Bertz CT molecular complexity index is 676. The van der Waals surface area contributed by atoms with Crippen LogP contribution in [0.4, 0.5) is 10.1 Å². The number of amides is 1. The lowest BCUT2D eigenvalue weighted by molar-refractivity contribution is -0.121. The van der Waals surface area contributed by atoms with E-state index < -0.39 is 23.7 Å². The quantitative estimate of drug-likeness (QED) is 0.896. The fourth-order valence-electron chi connectivity index (χ4n) is 1.80. The number of aliphatic hydroxyl groups excluding tert-OH is 1. The van der Waals surface area contributed by atoms with Crippen LogP contribution in [0.25, 0.3) is 0 Å². The molecule has 0 spiro atoms. The number of aromatic nitrogens is 1. The van der Waals surface area contributed by atoms with Gasteiger partial charge in [-0.1, -0.05) is 5.16 Å². The molecular formula is C14H12FN3O3. The maximum absolute atomic E-state index is 12.8. The molecule has 21 heavy (non-hydrogen) atoms. The van der Waals surface area contributed by atoms with Crippen molar-refractivity contribution in [2.45, 2.75) is 13.0 Å². The minimum absolute atomic E-state index is 0.274. The van der Waals surface area contributed by atoms with E-state index in [9.17, 15) is 14.3 Å². The summed E-state index contributed by atoms with van der Waals surface area (Å²) in [6.45, 7) is 1.57. The minimum Gasteiger partial charge on any atom is -0.386 e. The van der Waals surface area contributed by atoms with Gasteiger partial charge in [0.1, 0.15) is 17.7 Å². The smallest absolute Gasteiger partial charge is 0.244 e. The standard InChI is InChI=1S/C14H12FN3O3/c1-8-12(7-17-21-8)13(19)11(6-16)14(20)18-10-4-2-9(15)3-5-10/h2-5,7,11,13,19H,1H3,(H,18,20).